The summed E-state index contributed by atoms with van der Waals surface area (Å²) >= 11 is 7.57. The lowest BCUT2D eigenvalue weighted by molar-refractivity contribution is -0.119. The maximum atomic E-state index is 12.5. The summed E-state index contributed by atoms with van der Waals surface area (Å²) in [7, 11) is 0. The van der Waals surface area contributed by atoms with Crippen LogP contribution in [0.1, 0.15) is 39.0 Å². The van der Waals surface area contributed by atoms with Crippen molar-refractivity contribution in [2.75, 3.05) is 10.7 Å². The predicted molar refractivity (Wildman–Crippen MR) is 120 cm³/mol. The van der Waals surface area contributed by atoms with Crippen molar-refractivity contribution < 1.29 is 4.79 Å². The van der Waals surface area contributed by atoms with Crippen molar-refractivity contribution in [1.29, 1.82) is 5.41 Å². The molecule has 3 unspecified atom stereocenters. The van der Waals surface area contributed by atoms with Crippen molar-refractivity contribution >= 4 is 46.0 Å². The second-order valence-electron chi connectivity index (χ2n) is 7.85. The molecule has 2 fully saturated rings. The normalized spacial score (nSPS) is 27.5. The van der Waals surface area contributed by atoms with E-state index in [1.54, 1.807) is 0 Å². The maximum Gasteiger partial charge on any atom is 0.230 e. The van der Waals surface area contributed by atoms with E-state index < -0.39 is 0 Å². The van der Waals surface area contributed by atoms with Crippen LogP contribution in [0.2, 0.25) is 5.02 Å². The summed E-state index contributed by atoms with van der Waals surface area (Å²) in [5, 5.41) is 13.2. The molecule has 0 aromatic heterocycles. The number of hydrogen-bond donors (Lipinski definition) is 4. The molecule has 7 nitrogen and oxygen atoms in total. The number of anilines is 1. The van der Waals surface area contributed by atoms with Crippen LogP contribution in [0.15, 0.2) is 29.3 Å². The highest BCUT2D eigenvalue weighted by molar-refractivity contribution is 8.14. The summed E-state index contributed by atoms with van der Waals surface area (Å²) in [5.74, 6) is 0.664. The Hall–Kier alpha value is -1.61. The van der Waals surface area contributed by atoms with Crippen molar-refractivity contribution in [3.05, 3.63) is 29.3 Å². The van der Waals surface area contributed by atoms with Crippen molar-refractivity contribution in [3.8, 4) is 0 Å². The molecule has 4 rings (SSSR count). The molecule has 1 aliphatic carbocycles. The van der Waals surface area contributed by atoms with Crippen LogP contribution in [0, 0.1) is 11.3 Å². The van der Waals surface area contributed by atoms with Gasteiger partial charge < -0.3 is 5.32 Å². The lowest BCUT2D eigenvalue weighted by Crippen LogP contribution is -2.50. The van der Waals surface area contributed by atoms with Gasteiger partial charge in [0.25, 0.3) is 0 Å². The van der Waals surface area contributed by atoms with E-state index in [2.05, 4.69) is 16.2 Å². The molecule has 1 saturated heterocycles. The van der Waals surface area contributed by atoms with E-state index in [9.17, 15) is 4.79 Å². The van der Waals surface area contributed by atoms with Crippen LogP contribution in [-0.4, -0.2) is 40.9 Å². The van der Waals surface area contributed by atoms with Crippen LogP contribution in [0.25, 0.3) is 0 Å². The molecule has 156 valence electrons. The van der Waals surface area contributed by atoms with Gasteiger partial charge in [0.1, 0.15) is 12.0 Å². The average molecular weight is 435 g/mol. The van der Waals surface area contributed by atoms with Crippen molar-refractivity contribution in [3.63, 3.8) is 0 Å². The largest absolute Gasteiger partial charge is 0.353 e. The Morgan fingerprint density at radius 1 is 1.34 bits per heavy atom. The predicted octanol–water partition coefficient (Wildman–Crippen LogP) is 3.11. The van der Waals surface area contributed by atoms with Gasteiger partial charge >= 0.3 is 0 Å². The van der Waals surface area contributed by atoms with E-state index in [1.165, 1.54) is 31.0 Å². The van der Waals surface area contributed by atoms with Gasteiger partial charge in [0.05, 0.1) is 17.4 Å². The maximum absolute atomic E-state index is 12.5. The number of hydrogen-bond acceptors (Lipinski definition) is 6. The van der Waals surface area contributed by atoms with Crippen molar-refractivity contribution in [2.45, 2.75) is 57.3 Å². The molecule has 2 heterocycles. The summed E-state index contributed by atoms with van der Waals surface area (Å²) in [6, 6.07) is 7.79. The number of amides is 1. The van der Waals surface area contributed by atoms with Gasteiger partial charge in [0.2, 0.25) is 5.91 Å². The number of halogens is 1. The SMILES string of the molecule is CC1NNC2N=C(SCC(=O)NC3CCCCC3)N(c3cccc(Cl)c3)C(=N)C12. The first kappa shape index (κ1) is 20.7. The van der Waals surface area contributed by atoms with Crippen LogP contribution in [-0.2, 0) is 4.79 Å². The number of amidine groups is 2. The second kappa shape index (κ2) is 9.04. The monoisotopic (exact) mass is 434 g/mol. The second-order valence-corrected chi connectivity index (χ2v) is 9.23. The minimum atomic E-state index is -0.211. The van der Waals surface area contributed by atoms with Crippen molar-refractivity contribution in [1.82, 2.24) is 16.2 Å². The average Bonchev–Trinajstić information content (AvgIpc) is 3.08. The number of benzene rings is 1. The van der Waals surface area contributed by atoms with Crippen LogP contribution in [0.5, 0.6) is 0 Å². The fraction of sp³-hybridized carbons (Fsp3) is 0.550. The zero-order chi connectivity index (χ0) is 20.4. The van der Waals surface area contributed by atoms with Gasteiger partial charge in [-0.3, -0.25) is 20.5 Å². The summed E-state index contributed by atoms with van der Waals surface area (Å²) < 4.78 is 0. The van der Waals surface area contributed by atoms with Gasteiger partial charge in [-0.15, -0.1) is 0 Å². The van der Waals surface area contributed by atoms with E-state index in [-0.39, 0.29) is 29.8 Å². The van der Waals surface area contributed by atoms with Crippen LogP contribution in [0.3, 0.4) is 0 Å². The summed E-state index contributed by atoms with van der Waals surface area (Å²) in [6.45, 7) is 2.04. The molecule has 0 radical (unpaired) electrons. The number of carbonyl (C=O) groups is 1. The van der Waals surface area contributed by atoms with E-state index in [0.717, 1.165) is 18.5 Å². The van der Waals surface area contributed by atoms with Gasteiger partial charge in [0.15, 0.2) is 5.17 Å². The molecular weight excluding hydrogens is 408 g/mol. The number of thioether (sulfide) groups is 1. The fourth-order valence-electron chi connectivity index (χ4n) is 4.21. The Bertz CT molecular complexity index is 812. The number of nitrogens with one attached hydrogen (secondary N) is 4. The summed E-state index contributed by atoms with van der Waals surface area (Å²) in [4.78, 5) is 19.1. The minimum absolute atomic E-state index is 0.0233. The Morgan fingerprint density at radius 3 is 2.90 bits per heavy atom. The molecule has 1 amide bonds. The molecule has 3 atom stereocenters. The van der Waals surface area contributed by atoms with Gasteiger partial charge in [-0.2, -0.15) is 0 Å². The third-order valence-corrected chi connectivity index (χ3v) is 6.89. The molecule has 3 aliphatic rings. The molecule has 29 heavy (non-hydrogen) atoms. The van der Waals surface area contributed by atoms with Crippen LogP contribution in [0.4, 0.5) is 5.69 Å². The Kier molecular flexibility index (Phi) is 6.44. The molecule has 9 heteroatoms. The quantitative estimate of drug-likeness (QED) is 0.584. The topological polar surface area (TPSA) is 92.6 Å². The standard InChI is InChI=1S/C20H27ClN6OS/c1-12-17-18(22)27(15-9-5-6-13(21)10-15)20(24-19(17)26-25-12)29-11-16(28)23-14-7-3-2-4-8-14/h5-6,9-10,12,14,17,19,22,25-26H,2-4,7-8,11H2,1H3,(H,23,28). The van der Waals surface area contributed by atoms with E-state index in [4.69, 9.17) is 22.0 Å². The van der Waals surface area contributed by atoms with Crippen molar-refractivity contribution in [2.24, 2.45) is 10.9 Å². The highest BCUT2D eigenvalue weighted by Gasteiger charge is 2.43. The van der Waals surface area contributed by atoms with E-state index in [0.29, 0.717) is 22.1 Å². The Labute approximate surface area is 180 Å². The number of rotatable bonds is 4. The lowest BCUT2D eigenvalue weighted by Gasteiger charge is -2.36. The molecule has 0 bridgehead atoms. The molecule has 1 aromatic rings. The van der Waals surface area contributed by atoms with Crippen LogP contribution >= 0.6 is 23.4 Å². The van der Waals surface area contributed by atoms with Gasteiger partial charge in [-0.25, -0.2) is 10.4 Å². The van der Waals surface area contributed by atoms with Gasteiger partial charge in [0, 0.05) is 17.1 Å². The molecular formula is C20H27ClN6OS. The number of fused-ring (bicyclic) bond motifs is 1. The highest BCUT2D eigenvalue weighted by Crippen LogP contribution is 2.32. The summed E-state index contributed by atoms with van der Waals surface area (Å²) in [6.07, 6.45) is 5.55. The summed E-state index contributed by atoms with van der Waals surface area (Å²) in [5.41, 5.74) is 7.13. The molecule has 0 spiro atoms. The Balaban J connectivity index is 1.51. The van der Waals surface area contributed by atoms with Crippen LogP contribution < -0.4 is 21.1 Å². The number of hydrazine groups is 1. The third kappa shape index (κ3) is 4.60. The minimum Gasteiger partial charge on any atom is -0.353 e. The molecule has 1 aromatic carbocycles. The smallest absolute Gasteiger partial charge is 0.230 e. The van der Waals surface area contributed by atoms with Gasteiger partial charge in [-0.1, -0.05) is 48.7 Å². The molecule has 1 saturated carbocycles. The van der Waals surface area contributed by atoms with Gasteiger partial charge in [-0.05, 0) is 38.0 Å². The molecule has 4 N–H and O–H groups in total. The zero-order valence-corrected chi connectivity index (χ0v) is 18.0. The number of nitrogens with zero attached hydrogens (tertiary/aromatic N) is 2. The lowest BCUT2D eigenvalue weighted by atomic mass is 9.95. The first-order valence-corrected chi connectivity index (χ1v) is 11.5. The number of carbonyl (C=O) groups excluding carboxylic acids is 1. The first-order valence-electron chi connectivity index (χ1n) is 10.2. The number of aliphatic imine (C=N–C) groups is 1. The molecule has 2 aliphatic heterocycles. The van der Waals surface area contributed by atoms with E-state index >= 15 is 0 Å². The Morgan fingerprint density at radius 2 is 2.14 bits per heavy atom. The first-order chi connectivity index (χ1) is 14.0. The van der Waals surface area contributed by atoms with E-state index in [1.807, 2.05) is 36.1 Å². The zero-order valence-electron chi connectivity index (χ0n) is 16.5. The fourth-order valence-corrected chi connectivity index (χ4v) is 5.26. The third-order valence-electron chi connectivity index (χ3n) is 5.70. The highest BCUT2D eigenvalue weighted by atomic mass is 35.5.